The van der Waals surface area contributed by atoms with Gasteiger partial charge in [0.25, 0.3) is 0 Å². The molecule has 0 aliphatic rings. The van der Waals surface area contributed by atoms with Gasteiger partial charge in [0, 0.05) is 4.88 Å². The molecule has 0 aromatic carbocycles. The van der Waals surface area contributed by atoms with Crippen LogP contribution in [-0.2, 0) is 9.53 Å². The predicted molar refractivity (Wildman–Crippen MR) is 58.4 cm³/mol. The number of carbonyl (C=O) groups excluding carboxylic acids is 2. The molecule has 1 aromatic heterocycles. The second-order valence-electron chi connectivity index (χ2n) is 2.77. The summed E-state index contributed by atoms with van der Waals surface area (Å²) in [6, 6.07) is 3.20. The van der Waals surface area contributed by atoms with Crippen molar-refractivity contribution in [2.45, 2.75) is 5.92 Å². The van der Waals surface area contributed by atoms with E-state index >= 15 is 0 Å². The van der Waals surface area contributed by atoms with Crippen molar-refractivity contribution >= 4 is 34.9 Å². The maximum absolute atomic E-state index is 11.1. The molecular formula is C8H7ClN2O4S. The molecule has 0 spiro atoms. The smallest absolute Gasteiger partial charge is 0.445 e. The van der Waals surface area contributed by atoms with Crippen LogP contribution in [0.4, 0.5) is 4.79 Å². The van der Waals surface area contributed by atoms with E-state index < -0.39 is 17.9 Å². The molecule has 16 heavy (non-hydrogen) atoms. The van der Waals surface area contributed by atoms with E-state index in [9.17, 15) is 14.5 Å². The number of ether oxygens (including phenoxy) is 1. The summed E-state index contributed by atoms with van der Waals surface area (Å²) >= 11 is 6.84. The second kappa shape index (κ2) is 5.57. The lowest BCUT2D eigenvalue weighted by Gasteiger charge is -2.09. The maximum Gasteiger partial charge on any atom is 0.470 e. The van der Waals surface area contributed by atoms with Gasteiger partial charge in [0.1, 0.15) is 12.5 Å². The molecular weight excluding hydrogens is 256 g/mol. The molecule has 0 aliphatic carbocycles. The zero-order valence-electron chi connectivity index (χ0n) is 7.88. The first-order chi connectivity index (χ1) is 7.54. The lowest BCUT2D eigenvalue weighted by atomic mass is 10.1. The highest BCUT2D eigenvalue weighted by Gasteiger charge is 2.22. The molecule has 0 radical (unpaired) electrons. The number of hydrogen-bond donors (Lipinski definition) is 1. The van der Waals surface area contributed by atoms with E-state index in [0.29, 0.717) is 9.21 Å². The summed E-state index contributed by atoms with van der Waals surface area (Å²) in [7, 11) is 0. The number of nitroso groups, excluding NO2 is 1. The van der Waals surface area contributed by atoms with E-state index in [1.807, 2.05) is 5.18 Å². The second-order valence-corrected chi connectivity index (χ2v) is 4.51. The number of rotatable bonds is 4. The number of nitrogens with zero attached hydrogens (tertiary/aromatic N) is 1. The molecule has 1 heterocycles. The Morgan fingerprint density at radius 2 is 2.25 bits per heavy atom. The van der Waals surface area contributed by atoms with E-state index in [1.165, 1.54) is 0 Å². The minimum Gasteiger partial charge on any atom is -0.445 e. The van der Waals surface area contributed by atoms with Crippen LogP contribution < -0.4 is 5.73 Å². The third kappa shape index (κ3) is 3.28. The van der Waals surface area contributed by atoms with Crippen molar-refractivity contribution in [3.05, 3.63) is 26.3 Å². The van der Waals surface area contributed by atoms with Gasteiger partial charge < -0.3 is 10.5 Å². The number of thiophene rings is 1. The molecule has 0 saturated carbocycles. The standard InChI is InChI=1S/C8H7ClN2O4S/c9-6-2-1-5(16-6)4(7(10)12)3-15-8(13)11-14/h1-2,4H,3H2,(H2,10,12)/t4-/m1/s1. The molecule has 0 bridgehead atoms. The van der Waals surface area contributed by atoms with Crippen molar-refractivity contribution in [2.24, 2.45) is 10.9 Å². The van der Waals surface area contributed by atoms with E-state index in [2.05, 4.69) is 4.74 Å². The first-order valence-electron chi connectivity index (χ1n) is 4.09. The quantitative estimate of drug-likeness (QED) is 0.837. The van der Waals surface area contributed by atoms with Gasteiger partial charge in [0.15, 0.2) is 0 Å². The molecule has 0 fully saturated rings. The van der Waals surface area contributed by atoms with Crippen molar-refractivity contribution in [1.82, 2.24) is 0 Å². The van der Waals surface area contributed by atoms with Crippen molar-refractivity contribution < 1.29 is 14.3 Å². The fourth-order valence-electron chi connectivity index (χ4n) is 1.00. The molecule has 86 valence electrons. The van der Waals surface area contributed by atoms with Crippen molar-refractivity contribution in [2.75, 3.05) is 6.61 Å². The number of hydrogen-bond acceptors (Lipinski definition) is 5. The van der Waals surface area contributed by atoms with E-state index in [1.54, 1.807) is 12.1 Å². The van der Waals surface area contributed by atoms with Crippen LogP contribution in [0.2, 0.25) is 4.34 Å². The van der Waals surface area contributed by atoms with Crippen molar-refractivity contribution in [1.29, 1.82) is 0 Å². The average molecular weight is 263 g/mol. The molecule has 8 heteroatoms. The van der Waals surface area contributed by atoms with Crippen LogP contribution in [0.15, 0.2) is 17.3 Å². The monoisotopic (exact) mass is 262 g/mol. The molecule has 2 amide bonds. The maximum atomic E-state index is 11.1. The Labute approximate surface area is 99.3 Å². The Bertz CT molecular complexity index is 420. The molecule has 1 rings (SSSR count). The Kier molecular flexibility index (Phi) is 4.39. The highest BCUT2D eigenvalue weighted by atomic mass is 35.5. The summed E-state index contributed by atoms with van der Waals surface area (Å²) in [6.07, 6.45) is -1.28. The zero-order chi connectivity index (χ0) is 12.1. The molecule has 1 atom stereocenters. The third-order valence-electron chi connectivity index (χ3n) is 1.73. The van der Waals surface area contributed by atoms with Crippen LogP contribution in [0.25, 0.3) is 0 Å². The Morgan fingerprint density at radius 1 is 1.56 bits per heavy atom. The molecule has 0 saturated heterocycles. The number of primary amides is 1. The van der Waals surface area contributed by atoms with Crippen LogP contribution in [-0.4, -0.2) is 18.6 Å². The first-order valence-corrected chi connectivity index (χ1v) is 5.28. The fraction of sp³-hybridized carbons (Fsp3) is 0.250. The van der Waals surface area contributed by atoms with Crippen LogP contribution in [0, 0.1) is 4.91 Å². The van der Waals surface area contributed by atoms with Crippen LogP contribution in [0.3, 0.4) is 0 Å². The number of halogens is 1. The van der Waals surface area contributed by atoms with Crippen molar-refractivity contribution in [3.8, 4) is 0 Å². The van der Waals surface area contributed by atoms with Crippen LogP contribution in [0.5, 0.6) is 0 Å². The highest BCUT2D eigenvalue weighted by molar-refractivity contribution is 7.16. The Balaban J connectivity index is 2.72. The summed E-state index contributed by atoms with van der Waals surface area (Å²) in [5, 5.41) is 2.03. The van der Waals surface area contributed by atoms with Gasteiger partial charge in [-0.05, 0) is 12.1 Å². The number of carbonyl (C=O) groups is 2. The summed E-state index contributed by atoms with van der Waals surface area (Å²) in [5.74, 6) is -1.49. The Morgan fingerprint density at radius 3 is 2.69 bits per heavy atom. The van der Waals surface area contributed by atoms with Gasteiger partial charge >= 0.3 is 6.09 Å². The minimum absolute atomic E-state index is 0.323. The van der Waals surface area contributed by atoms with Gasteiger partial charge in [-0.25, -0.2) is 4.79 Å². The summed E-state index contributed by atoms with van der Waals surface area (Å²) in [4.78, 5) is 31.9. The van der Waals surface area contributed by atoms with E-state index in [4.69, 9.17) is 17.3 Å². The normalized spacial score (nSPS) is 11.8. The third-order valence-corrected chi connectivity index (χ3v) is 3.07. The highest BCUT2D eigenvalue weighted by Crippen LogP contribution is 2.28. The molecule has 2 N–H and O–H groups in total. The fourth-order valence-corrected chi connectivity index (χ4v) is 2.16. The van der Waals surface area contributed by atoms with Gasteiger partial charge in [-0.1, -0.05) is 11.6 Å². The summed E-state index contributed by atoms with van der Waals surface area (Å²) in [5.41, 5.74) is 5.13. The molecule has 6 nitrogen and oxygen atoms in total. The van der Waals surface area contributed by atoms with E-state index in [-0.39, 0.29) is 6.61 Å². The number of nitrogens with two attached hydrogens (primary N) is 1. The van der Waals surface area contributed by atoms with E-state index in [0.717, 1.165) is 11.3 Å². The van der Waals surface area contributed by atoms with Gasteiger partial charge in [-0.3, -0.25) is 4.79 Å². The minimum atomic E-state index is -1.28. The van der Waals surface area contributed by atoms with Gasteiger partial charge in [0.2, 0.25) is 5.91 Å². The SMILES string of the molecule is NC(=O)[C@H](COC(=O)N=O)c1ccc(Cl)s1. The first kappa shape index (κ1) is 12.6. The predicted octanol–water partition coefficient (Wildman–Crippen LogP) is 1.87. The van der Waals surface area contributed by atoms with Gasteiger partial charge in [-0.15, -0.1) is 16.2 Å². The molecule has 1 aromatic rings. The van der Waals surface area contributed by atoms with Crippen LogP contribution in [0.1, 0.15) is 10.8 Å². The lowest BCUT2D eigenvalue weighted by Crippen LogP contribution is -2.25. The average Bonchev–Trinajstić information content (AvgIpc) is 2.64. The van der Waals surface area contributed by atoms with Gasteiger partial charge in [0.05, 0.1) is 9.51 Å². The summed E-state index contributed by atoms with van der Waals surface area (Å²) in [6.45, 7) is -0.323. The molecule has 0 unspecified atom stereocenters. The lowest BCUT2D eigenvalue weighted by molar-refractivity contribution is -0.120. The summed E-state index contributed by atoms with van der Waals surface area (Å²) < 4.78 is 4.91. The van der Waals surface area contributed by atoms with Crippen LogP contribution >= 0.6 is 22.9 Å². The van der Waals surface area contributed by atoms with Crippen molar-refractivity contribution in [3.63, 3.8) is 0 Å². The molecule has 0 aliphatic heterocycles. The zero-order valence-corrected chi connectivity index (χ0v) is 9.46. The Hall–Kier alpha value is -1.47. The topological polar surface area (TPSA) is 98.8 Å². The number of amides is 2. The van der Waals surface area contributed by atoms with Gasteiger partial charge in [-0.2, -0.15) is 0 Å². The largest absolute Gasteiger partial charge is 0.470 e.